The number of hydrogen-bond donors (Lipinski definition) is 6. The van der Waals surface area contributed by atoms with Crippen molar-refractivity contribution in [2.75, 3.05) is 13.2 Å². The van der Waals surface area contributed by atoms with Crippen LogP contribution in [0.1, 0.15) is 113 Å². The van der Waals surface area contributed by atoms with E-state index in [1.165, 1.54) is 28.4 Å². The minimum absolute atomic E-state index is 0.0624. The fourth-order valence-electron chi connectivity index (χ4n) is 5.24. The van der Waals surface area contributed by atoms with Crippen molar-refractivity contribution < 1.29 is 61.5 Å². The van der Waals surface area contributed by atoms with Gasteiger partial charge < -0.3 is 35.2 Å². The number of hydrogen-bond acceptors (Lipinski definition) is 10. The van der Waals surface area contributed by atoms with Crippen molar-refractivity contribution in [2.24, 2.45) is 0 Å². The molecule has 1 saturated heterocycles. The molecule has 0 radical (unpaired) electrons. The monoisotopic (exact) mass is 793 g/mol. The molecule has 1 aliphatic heterocycles. The first-order valence-corrected chi connectivity index (χ1v) is 20.9. The van der Waals surface area contributed by atoms with E-state index in [4.69, 9.17) is 13.8 Å². The molecule has 0 aromatic carbocycles. The van der Waals surface area contributed by atoms with Crippen molar-refractivity contribution in [3.8, 4) is 0 Å². The number of carbonyl (C=O) groups excluding carboxylic acids is 1. The number of halogens is 1. The summed E-state index contributed by atoms with van der Waals surface area (Å²) in [5.41, 5.74) is 5.86. The van der Waals surface area contributed by atoms with E-state index >= 15 is 0 Å². The minimum Gasteiger partial charge on any atom is -0.394 e. The van der Waals surface area contributed by atoms with Gasteiger partial charge in [-0.2, -0.15) is 4.31 Å². The molecular weight excluding hydrogens is 731 g/mol. The van der Waals surface area contributed by atoms with Crippen molar-refractivity contribution in [1.82, 2.24) is 5.32 Å². The molecule has 6 N–H and O–H groups in total. The Morgan fingerprint density at radius 2 is 1.19 bits per heavy atom. The van der Waals surface area contributed by atoms with Crippen LogP contribution in [0.25, 0.3) is 0 Å². The molecule has 1 rings (SSSR count). The number of phosphoric acid groups is 2. The van der Waals surface area contributed by atoms with Crippen molar-refractivity contribution >= 4 is 21.6 Å². The molecule has 0 aromatic heterocycles. The number of amides is 1. The van der Waals surface area contributed by atoms with Crippen LogP contribution in [0.3, 0.4) is 0 Å². The van der Waals surface area contributed by atoms with Crippen LogP contribution in [0.15, 0.2) is 70.1 Å². The normalized spacial score (nSPS) is 24.4. The molecule has 304 valence electrons. The molecule has 16 heteroatoms. The van der Waals surface area contributed by atoms with Crippen LogP contribution in [0.4, 0.5) is 4.39 Å². The molecule has 1 heterocycles. The topological polar surface area (TPSA) is 201 Å². The molecule has 0 spiro atoms. The molecule has 7 unspecified atom stereocenters. The summed E-state index contributed by atoms with van der Waals surface area (Å²) in [6.07, 6.45) is 12.7. The summed E-state index contributed by atoms with van der Waals surface area (Å²) in [6.45, 7) is 12.0. The lowest BCUT2D eigenvalue weighted by atomic mass is 9.97. The second kappa shape index (κ2) is 25.2. The Balaban J connectivity index is 2.46. The Labute approximate surface area is 314 Å². The van der Waals surface area contributed by atoms with E-state index in [2.05, 4.69) is 61.6 Å². The van der Waals surface area contributed by atoms with Gasteiger partial charge in [-0.1, -0.05) is 64.3 Å². The summed E-state index contributed by atoms with van der Waals surface area (Å²) >= 11 is 0. The third kappa shape index (κ3) is 22.2. The maximum Gasteiger partial charge on any atom is 0.483 e. The summed E-state index contributed by atoms with van der Waals surface area (Å²) in [5, 5.41) is 31.9. The molecule has 53 heavy (non-hydrogen) atoms. The summed E-state index contributed by atoms with van der Waals surface area (Å²) < 4.78 is 58.2. The van der Waals surface area contributed by atoms with Crippen molar-refractivity contribution in [3.05, 3.63) is 70.1 Å². The van der Waals surface area contributed by atoms with E-state index in [0.29, 0.717) is 32.1 Å². The summed E-state index contributed by atoms with van der Waals surface area (Å²) in [6, 6.07) is -1.59. The van der Waals surface area contributed by atoms with Gasteiger partial charge in [-0.25, -0.2) is 13.5 Å². The Hall–Kier alpha value is -2.06. The molecule has 1 aliphatic rings. The van der Waals surface area contributed by atoms with Crippen LogP contribution in [-0.2, 0) is 32.0 Å². The van der Waals surface area contributed by atoms with Gasteiger partial charge in [-0.15, -0.1) is 0 Å². The smallest absolute Gasteiger partial charge is 0.394 e. The molecule has 1 fully saturated rings. The fraction of sp³-hybridized carbons (Fsp3) is 0.649. The number of allylic oxidation sites excluding steroid dienone is 11. The van der Waals surface area contributed by atoms with Gasteiger partial charge in [0.05, 0.1) is 19.0 Å². The zero-order chi connectivity index (χ0) is 40.2. The number of rotatable bonds is 24. The third-order valence-electron chi connectivity index (χ3n) is 8.30. The fourth-order valence-corrected chi connectivity index (χ4v) is 7.33. The standard InChI is InChI=1S/C37H62FNO12P2/c1-26(2)13-8-14-27(3)19-11-21-32(38)22-12-20-29(5)16-9-15-28(4)17-10-18-30(6)23-24-48-52(44,45)51-53(46,47)50-37-34(39-31(7)41)36(43)35(42)33(25-40)49-37/h13,16-17,19,22-23,33-37,40,42-43H,8-12,14-15,18,20-21,24-25H2,1-7H3,(H,39,41)(H,44,45)(H,46,47)/b27-19-,28-17-,29-16-,30-23-,32-22+. The Morgan fingerprint density at radius 1 is 0.717 bits per heavy atom. The first kappa shape index (κ1) is 49.0. The highest BCUT2D eigenvalue weighted by molar-refractivity contribution is 7.61. The SMILES string of the molecule is CC(=O)NC1C(OP(=O)(O)OP(=O)(O)OC/C=C(/C)CC/C=C(/C)CC/C=C(/C)CC/C=C(/F)CC/C=C(/C)CCC=C(C)C)OC(CO)C(O)C1O. The summed E-state index contributed by atoms with van der Waals surface area (Å²) in [7, 11) is -10.6. The van der Waals surface area contributed by atoms with Gasteiger partial charge in [-0.05, 0) is 99.3 Å². The molecular formula is C37H62FNO12P2. The Morgan fingerprint density at radius 3 is 1.68 bits per heavy atom. The van der Waals surface area contributed by atoms with Crippen LogP contribution < -0.4 is 5.32 Å². The predicted octanol–water partition coefficient (Wildman–Crippen LogP) is 7.69. The van der Waals surface area contributed by atoms with E-state index in [0.717, 1.165) is 44.6 Å². The molecule has 0 saturated carbocycles. The highest BCUT2D eigenvalue weighted by atomic mass is 31.3. The van der Waals surface area contributed by atoms with Crippen LogP contribution in [0.5, 0.6) is 0 Å². The molecule has 0 aromatic rings. The van der Waals surface area contributed by atoms with Gasteiger partial charge in [-0.3, -0.25) is 13.8 Å². The summed E-state index contributed by atoms with van der Waals surface area (Å²) in [4.78, 5) is 31.7. The quantitative estimate of drug-likeness (QED) is 0.0412. The maximum absolute atomic E-state index is 14.2. The second-order valence-corrected chi connectivity index (χ2v) is 16.7. The first-order valence-electron chi connectivity index (χ1n) is 17.9. The number of phosphoric ester groups is 2. The van der Waals surface area contributed by atoms with Gasteiger partial charge in [0.15, 0.2) is 6.29 Å². The minimum atomic E-state index is -5.42. The van der Waals surface area contributed by atoms with E-state index in [-0.39, 0.29) is 5.83 Å². The van der Waals surface area contributed by atoms with Crippen LogP contribution in [0.2, 0.25) is 0 Å². The van der Waals surface area contributed by atoms with Gasteiger partial charge in [0.1, 0.15) is 24.4 Å². The number of aliphatic hydroxyl groups is 3. The van der Waals surface area contributed by atoms with Crippen LogP contribution in [0, 0.1) is 0 Å². The molecule has 7 atom stereocenters. The number of ether oxygens (including phenoxy) is 1. The number of nitrogens with one attached hydrogen (secondary N) is 1. The van der Waals surface area contributed by atoms with Gasteiger partial charge in [0.2, 0.25) is 5.91 Å². The Kier molecular flexibility index (Phi) is 23.2. The molecule has 0 bridgehead atoms. The van der Waals surface area contributed by atoms with Crippen LogP contribution in [-0.4, -0.2) is 74.9 Å². The predicted molar refractivity (Wildman–Crippen MR) is 203 cm³/mol. The summed E-state index contributed by atoms with van der Waals surface area (Å²) in [5.74, 6) is -0.779. The highest BCUT2D eigenvalue weighted by Gasteiger charge is 2.49. The largest absolute Gasteiger partial charge is 0.483 e. The lowest BCUT2D eigenvalue weighted by Crippen LogP contribution is -2.64. The van der Waals surface area contributed by atoms with Crippen molar-refractivity contribution in [1.29, 1.82) is 0 Å². The molecule has 0 aliphatic carbocycles. The van der Waals surface area contributed by atoms with Gasteiger partial charge in [0, 0.05) is 13.3 Å². The lowest BCUT2D eigenvalue weighted by molar-refractivity contribution is -0.247. The molecule has 13 nitrogen and oxygen atoms in total. The van der Waals surface area contributed by atoms with E-state index in [1.54, 1.807) is 13.0 Å². The van der Waals surface area contributed by atoms with E-state index < -0.39 is 65.4 Å². The van der Waals surface area contributed by atoms with Crippen LogP contribution >= 0.6 is 15.6 Å². The maximum atomic E-state index is 14.2. The van der Waals surface area contributed by atoms with E-state index in [1.807, 2.05) is 6.92 Å². The highest BCUT2D eigenvalue weighted by Crippen LogP contribution is 2.61. The second-order valence-electron chi connectivity index (χ2n) is 13.7. The lowest BCUT2D eigenvalue weighted by Gasteiger charge is -2.42. The zero-order valence-corrected chi connectivity index (χ0v) is 34.0. The number of carbonyl (C=O) groups is 1. The average molecular weight is 794 g/mol. The van der Waals surface area contributed by atoms with E-state index in [9.17, 15) is 43.4 Å². The Bertz CT molecular complexity index is 1440. The zero-order valence-electron chi connectivity index (χ0n) is 32.2. The van der Waals surface area contributed by atoms with Gasteiger partial charge in [0.25, 0.3) is 0 Å². The molecule has 1 amide bonds. The first-order chi connectivity index (χ1) is 24.7. The number of aliphatic hydroxyl groups excluding tert-OH is 3. The van der Waals surface area contributed by atoms with Crippen molar-refractivity contribution in [2.45, 2.75) is 143 Å². The average Bonchev–Trinajstić information content (AvgIpc) is 3.03. The third-order valence-corrected chi connectivity index (χ3v) is 10.9. The van der Waals surface area contributed by atoms with Crippen molar-refractivity contribution in [3.63, 3.8) is 0 Å². The van der Waals surface area contributed by atoms with Gasteiger partial charge >= 0.3 is 15.6 Å².